The minimum absolute atomic E-state index is 0.0705. The monoisotopic (exact) mass is 590 g/mol. The van der Waals surface area contributed by atoms with Crippen LogP contribution in [0.25, 0.3) is 0 Å². The second kappa shape index (κ2) is 9.38. The molecule has 1 saturated heterocycles. The van der Waals surface area contributed by atoms with Gasteiger partial charge in [-0.1, -0.05) is 27.7 Å². The molecule has 0 aromatic rings. The summed E-state index contributed by atoms with van der Waals surface area (Å²) >= 11 is 0. The topological polar surface area (TPSA) is 154 Å². The minimum atomic E-state index is -1.30. The number of rotatable bonds is 5. The van der Waals surface area contributed by atoms with Crippen molar-refractivity contribution in [3.63, 3.8) is 0 Å². The van der Waals surface area contributed by atoms with E-state index in [0.717, 1.165) is 44.9 Å². The van der Waals surface area contributed by atoms with Gasteiger partial charge in [-0.05, 0) is 105 Å². The van der Waals surface area contributed by atoms with Crippen LogP contribution in [0.4, 0.5) is 0 Å². The maximum atomic E-state index is 12.3. The number of carbonyl (C=O) groups is 2. The highest BCUT2D eigenvalue weighted by atomic mass is 16.6. The summed E-state index contributed by atoms with van der Waals surface area (Å²) in [7, 11) is 0. The smallest absolute Gasteiger partial charge is 0.319 e. The summed E-state index contributed by atoms with van der Waals surface area (Å²) < 4.78 is 18.2. The molecule has 1 heterocycles. The first-order valence-electron chi connectivity index (χ1n) is 16.3. The van der Waals surface area contributed by atoms with E-state index in [4.69, 9.17) is 25.7 Å². The molecule has 0 bridgehead atoms. The molecule has 5 saturated carbocycles. The summed E-state index contributed by atoms with van der Waals surface area (Å²) in [6.45, 7) is 13.6. The van der Waals surface area contributed by atoms with E-state index < -0.39 is 41.5 Å². The molecule has 13 atom stereocenters. The number of esters is 2. The Morgan fingerprint density at radius 2 is 1.71 bits per heavy atom. The van der Waals surface area contributed by atoms with Gasteiger partial charge in [-0.15, -0.1) is 0 Å². The Morgan fingerprint density at radius 3 is 2.33 bits per heavy atom. The number of nitrogens with two attached hydrogens (primary N) is 2. The number of aliphatic hydroxyl groups excluding tert-OH is 1. The first-order chi connectivity index (χ1) is 19.4. The molecule has 9 heteroatoms. The van der Waals surface area contributed by atoms with Gasteiger partial charge in [-0.25, -0.2) is 0 Å². The van der Waals surface area contributed by atoms with Crippen LogP contribution >= 0.6 is 0 Å². The molecule has 0 aromatic heterocycles. The Hall–Kier alpha value is -1.26. The Kier molecular flexibility index (Phi) is 6.87. The van der Waals surface area contributed by atoms with Crippen molar-refractivity contribution in [3.8, 4) is 0 Å². The largest absolute Gasteiger partial charge is 0.461 e. The molecule has 9 nitrogen and oxygen atoms in total. The number of ether oxygens (including phenoxy) is 3. The van der Waals surface area contributed by atoms with Crippen molar-refractivity contribution in [1.82, 2.24) is 0 Å². The van der Waals surface area contributed by atoms with Gasteiger partial charge in [0.05, 0.1) is 36.0 Å². The van der Waals surface area contributed by atoms with Crippen molar-refractivity contribution in [2.24, 2.45) is 56.8 Å². The van der Waals surface area contributed by atoms with Crippen LogP contribution in [-0.4, -0.2) is 70.4 Å². The van der Waals surface area contributed by atoms with E-state index in [2.05, 4.69) is 27.7 Å². The molecule has 6 N–H and O–H groups in total. The molecule has 42 heavy (non-hydrogen) atoms. The standard InChI is InChI=1S/C33H54N2O7/c1-17-14-19(27(29(5,6)39)40-18(2)36)41-25-24(17)30(7)12-13-32-16-31(32)11-10-22(42-23(37)15-34)28(3,4)20(31)8-9-21(32)33(30,35)26(25)38/h17,19-22,24-27,38-39H,8-16,34-35H2,1-7H3/t17-,19?,20+,21?,22+,24+,25?,26+,27+,30?,31?,32?,33+/m1/s1. The normalized spacial score (nSPS) is 51.1. The minimum Gasteiger partial charge on any atom is -0.461 e. The lowest BCUT2D eigenvalue weighted by atomic mass is 9.43. The summed E-state index contributed by atoms with van der Waals surface area (Å²) in [5.74, 6) is 0.0480. The SMILES string of the molecule is CC(=O)O[C@@H](C1C[C@@H](C)[C@H]2C(O1)[C@H](O)[C@@]1(N)C3CC[C@H]4C(C)(C)[C@@H](OC(=O)CN)CCC45CC35CCC21C)C(C)(C)O. The average Bonchev–Trinajstić information content (AvgIpc) is 3.52. The zero-order valence-corrected chi connectivity index (χ0v) is 26.7. The Morgan fingerprint density at radius 1 is 1.07 bits per heavy atom. The fourth-order valence-electron chi connectivity index (χ4n) is 12.4. The first kappa shape index (κ1) is 30.8. The van der Waals surface area contributed by atoms with Crippen molar-refractivity contribution in [2.45, 2.75) is 141 Å². The zero-order valence-electron chi connectivity index (χ0n) is 26.7. The second-order valence-electron chi connectivity index (χ2n) is 16.6. The average molecular weight is 591 g/mol. The van der Waals surface area contributed by atoms with E-state index in [-0.39, 0.29) is 58.0 Å². The highest BCUT2D eigenvalue weighted by Crippen LogP contribution is 2.87. The molecule has 5 aliphatic carbocycles. The predicted octanol–water partition coefficient (Wildman–Crippen LogP) is 3.06. The third kappa shape index (κ3) is 3.78. The highest BCUT2D eigenvalue weighted by Gasteiger charge is 2.85. The Bertz CT molecular complexity index is 1140. The van der Waals surface area contributed by atoms with E-state index >= 15 is 0 Å². The Balaban J connectivity index is 1.31. The van der Waals surface area contributed by atoms with Crippen LogP contribution in [0.2, 0.25) is 0 Å². The lowest BCUT2D eigenvalue weighted by Gasteiger charge is -2.63. The van der Waals surface area contributed by atoms with Crippen LogP contribution in [0.1, 0.15) is 99.8 Å². The fourth-order valence-corrected chi connectivity index (χ4v) is 12.4. The van der Waals surface area contributed by atoms with E-state index in [1.807, 2.05) is 0 Å². The van der Waals surface area contributed by atoms with Gasteiger partial charge in [0.25, 0.3) is 0 Å². The molecular weight excluding hydrogens is 536 g/mol. The number of carbonyl (C=O) groups excluding carboxylic acids is 2. The number of hydrogen-bond acceptors (Lipinski definition) is 9. The number of fused-ring (bicyclic) bond motifs is 4. The van der Waals surface area contributed by atoms with E-state index in [1.54, 1.807) is 13.8 Å². The van der Waals surface area contributed by atoms with Gasteiger partial charge in [-0.3, -0.25) is 9.59 Å². The molecule has 6 fully saturated rings. The summed E-state index contributed by atoms with van der Waals surface area (Å²) in [5.41, 5.74) is 10.9. The molecule has 0 amide bonds. The lowest BCUT2D eigenvalue weighted by Crippen LogP contribution is -2.70. The molecular formula is C33H54N2O7. The van der Waals surface area contributed by atoms with Gasteiger partial charge in [0.2, 0.25) is 0 Å². The van der Waals surface area contributed by atoms with Crippen LogP contribution in [0.15, 0.2) is 0 Å². The molecule has 238 valence electrons. The van der Waals surface area contributed by atoms with Crippen molar-refractivity contribution in [2.75, 3.05) is 6.54 Å². The fraction of sp³-hybridized carbons (Fsp3) is 0.939. The summed E-state index contributed by atoms with van der Waals surface area (Å²) in [5, 5.41) is 23.2. The van der Waals surface area contributed by atoms with E-state index in [0.29, 0.717) is 12.3 Å². The van der Waals surface area contributed by atoms with Crippen LogP contribution in [0.5, 0.6) is 0 Å². The van der Waals surface area contributed by atoms with Crippen molar-refractivity contribution < 1.29 is 34.0 Å². The van der Waals surface area contributed by atoms with Crippen LogP contribution in [-0.2, 0) is 23.8 Å². The van der Waals surface area contributed by atoms with E-state index in [1.165, 1.54) is 6.92 Å². The lowest BCUT2D eigenvalue weighted by molar-refractivity contribution is -0.216. The van der Waals surface area contributed by atoms with Crippen molar-refractivity contribution in [3.05, 3.63) is 0 Å². The molecule has 6 aliphatic rings. The van der Waals surface area contributed by atoms with Crippen LogP contribution in [0, 0.1) is 45.3 Å². The second-order valence-corrected chi connectivity index (χ2v) is 16.6. The van der Waals surface area contributed by atoms with Crippen molar-refractivity contribution >= 4 is 11.9 Å². The molecule has 1 aliphatic heterocycles. The molecule has 0 radical (unpaired) electrons. The Labute approximate surface area is 250 Å². The zero-order chi connectivity index (χ0) is 30.8. The van der Waals surface area contributed by atoms with Crippen LogP contribution < -0.4 is 11.5 Å². The first-order valence-corrected chi connectivity index (χ1v) is 16.3. The molecule has 2 spiro atoms. The maximum Gasteiger partial charge on any atom is 0.319 e. The maximum absolute atomic E-state index is 12.3. The molecule has 6 unspecified atom stereocenters. The van der Waals surface area contributed by atoms with E-state index in [9.17, 15) is 19.8 Å². The summed E-state index contributed by atoms with van der Waals surface area (Å²) in [6, 6.07) is 0. The van der Waals surface area contributed by atoms with Gasteiger partial charge in [-0.2, -0.15) is 0 Å². The summed E-state index contributed by atoms with van der Waals surface area (Å²) in [4.78, 5) is 24.1. The van der Waals surface area contributed by atoms with Gasteiger partial charge in [0.1, 0.15) is 6.10 Å². The van der Waals surface area contributed by atoms with Crippen molar-refractivity contribution in [1.29, 1.82) is 0 Å². The quantitative estimate of drug-likeness (QED) is 0.354. The third-order valence-corrected chi connectivity index (χ3v) is 14.0. The molecule has 0 aromatic carbocycles. The third-order valence-electron chi connectivity index (χ3n) is 14.0. The summed E-state index contributed by atoms with van der Waals surface area (Å²) in [6.07, 6.45) is 4.73. The van der Waals surface area contributed by atoms with Gasteiger partial charge < -0.3 is 35.9 Å². The van der Waals surface area contributed by atoms with Gasteiger partial charge >= 0.3 is 11.9 Å². The highest BCUT2D eigenvalue weighted by molar-refractivity contribution is 5.71. The van der Waals surface area contributed by atoms with Gasteiger partial charge in [0, 0.05) is 12.3 Å². The number of aliphatic hydroxyl groups is 2. The van der Waals surface area contributed by atoms with Gasteiger partial charge in [0.15, 0.2) is 6.10 Å². The molecule has 6 rings (SSSR count). The predicted molar refractivity (Wildman–Crippen MR) is 156 cm³/mol. The number of hydrogen-bond donors (Lipinski definition) is 4. The van der Waals surface area contributed by atoms with Crippen LogP contribution in [0.3, 0.4) is 0 Å².